The van der Waals surface area contributed by atoms with Gasteiger partial charge in [-0.05, 0) is 56.6 Å². The van der Waals surface area contributed by atoms with E-state index in [1.165, 1.54) is 16.5 Å². The first-order chi connectivity index (χ1) is 18.3. The second-order valence-electron chi connectivity index (χ2n) is 11.7. The Bertz CT molecular complexity index is 1080. The number of piperidine rings is 1. The summed E-state index contributed by atoms with van der Waals surface area (Å²) in [5.41, 5.74) is 2.36. The van der Waals surface area contributed by atoms with Crippen LogP contribution in [0.2, 0.25) is 0 Å². The highest BCUT2D eigenvalue weighted by Crippen LogP contribution is 2.33. The lowest BCUT2D eigenvalue weighted by atomic mass is 9.88. The average molecular weight is 527 g/mol. The van der Waals surface area contributed by atoms with E-state index in [1.807, 2.05) is 0 Å². The predicted octanol–water partition coefficient (Wildman–Crippen LogP) is 3.31. The maximum atomic E-state index is 13.9. The minimum atomic E-state index is -0.614. The van der Waals surface area contributed by atoms with Crippen LogP contribution in [0.25, 0.3) is 10.9 Å². The van der Waals surface area contributed by atoms with Gasteiger partial charge >= 0.3 is 0 Å². The highest BCUT2D eigenvalue weighted by Gasteiger charge is 2.39. The number of nitrogens with zero attached hydrogens (tertiary/aromatic N) is 2. The van der Waals surface area contributed by atoms with Crippen LogP contribution in [0.1, 0.15) is 58.4 Å². The van der Waals surface area contributed by atoms with Crippen LogP contribution in [0.3, 0.4) is 0 Å². The largest absolute Gasteiger partial charge is 0.391 e. The number of nitrogens with one attached hydrogen (secondary N) is 2. The van der Waals surface area contributed by atoms with E-state index in [-0.39, 0.29) is 35.7 Å². The van der Waals surface area contributed by atoms with Crippen molar-refractivity contribution in [2.45, 2.75) is 84.2 Å². The van der Waals surface area contributed by atoms with Crippen LogP contribution in [0.4, 0.5) is 0 Å². The normalized spacial score (nSPS) is 21.4. The Balaban J connectivity index is 1.45. The van der Waals surface area contributed by atoms with Gasteiger partial charge in [-0.25, -0.2) is 0 Å². The number of aromatic nitrogens is 1. The molecule has 1 aromatic carbocycles. The van der Waals surface area contributed by atoms with Crippen molar-refractivity contribution in [3.63, 3.8) is 0 Å². The highest BCUT2D eigenvalue weighted by molar-refractivity contribution is 5.86. The van der Waals surface area contributed by atoms with Crippen LogP contribution in [0, 0.1) is 17.8 Å². The molecule has 2 heterocycles. The first-order valence-corrected chi connectivity index (χ1v) is 14.3. The van der Waals surface area contributed by atoms with Crippen LogP contribution < -0.4 is 10.6 Å². The number of para-hydroxylation sites is 1. The summed E-state index contributed by atoms with van der Waals surface area (Å²) in [6, 6.07) is 8.41. The summed E-state index contributed by atoms with van der Waals surface area (Å²) in [6.07, 6.45) is 5.85. The number of aryl methyl sites for hydroxylation is 1. The van der Waals surface area contributed by atoms with Crippen molar-refractivity contribution >= 4 is 22.7 Å². The van der Waals surface area contributed by atoms with E-state index in [2.05, 4.69) is 64.4 Å². The van der Waals surface area contributed by atoms with Gasteiger partial charge in [0.25, 0.3) is 0 Å². The standard InChI is InChI=1S/C30H46N4O4/c1-20(2)14-27(21(3)35)32-29(36)22-15-23(17-31-16-22)30(37)34(25-10-11-25)19-24-18-33(12-7-13-38-4)28-9-6-5-8-26(24)28/h5-6,8-9,18,20-23,25,27,31,35H,7,10-17,19H2,1-4H3,(H,32,36)/t21?,22-,23+,27?/m0/s1. The fourth-order valence-electron chi connectivity index (χ4n) is 5.72. The average Bonchev–Trinajstić information content (AvgIpc) is 3.69. The van der Waals surface area contributed by atoms with E-state index in [9.17, 15) is 14.7 Å². The summed E-state index contributed by atoms with van der Waals surface area (Å²) < 4.78 is 7.52. The van der Waals surface area contributed by atoms with E-state index in [0.717, 1.165) is 32.2 Å². The number of aliphatic hydroxyl groups excluding tert-OH is 1. The molecule has 2 unspecified atom stereocenters. The Morgan fingerprint density at radius 1 is 1.18 bits per heavy atom. The number of amides is 2. The molecule has 1 aliphatic heterocycles. The van der Waals surface area contributed by atoms with Gasteiger partial charge < -0.3 is 29.9 Å². The third-order valence-electron chi connectivity index (χ3n) is 7.94. The van der Waals surface area contributed by atoms with E-state index in [4.69, 9.17) is 4.74 Å². The molecule has 1 saturated carbocycles. The van der Waals surface area contributed by atoms with Gasteiger partial charge in [0.1, 0.15) is 0 Å². The van der Waals surface area contributed by atoms with Crippen molar-refractivity contribution in [1.29, 1.82) is 0 Å². The Hall–Kier alpha value is -2.42. The molecule has 0 radical (unpaired) electrons. The zero-order chi connectivity index (χ0) is 27.2. The third kappa shape index (κ3) is 7.16. The van der Waals surface area contributed by atoms with E-state index < -0.39 is 6.10 Å². The maximum Gasteiger partial charge on any atom is 0.227 e. The summed E-state index contributed by atoms with van der Waals surface area (Å²) in [5.74, 6) is -0.0755. The molecule has 0 spiro atoms. The maximum absolute atomic E-state index is 13.9. The molecule has 0 bridgehead atoms. The van der Waals surface area contributed by atoms with Gasteiger partial charge in [-0.1, -0.05) is 32.0 Å². The number of aliphatic hydroxyl groups is 1. The van der Waals surface area contributed by atoms with Crippen LogP contribution >= 0.6 is 0 Å². The van der Waals surface area contributed by atoms with Gasteiger partial charge in [-0.3, -0.25) is 9.59 Å². The zero-order valence-corrected chi connectivity index (χ0v) is 23.5. The van der Waals surface area contributed by atoms with Gasteiger partial charge in [-0.15, -0.1) is 0 Å². The van der Waals surface area contributed by atoms with Crippen molar-refractivity contribution in [3.8, 4) is 0 Å². The summed E-state index contributed by atoms with van der Waals surface area (Å²) in [6.45, 7) is 9.23. The molecule has 38 heavy (non-hydrogen) atoms. The SMILES string of the molecule is COCCCn1cc(CN(C(=O)[C@H]2CNC[C@@H](C(=O)NC(CC(C)C)C(C)O)C2)C2CC2)c2ccccc21. The molecule has 2 fully saturated rings. The smallest absolute Gasteiger partial charge is 0.227 e. The molecule has 210 valence electrons. The number of methoxy groups -OCH3 is 1. The van der Waals surface area contributed by atoms with Crippen molar-refractivity contribution in [3.05, 3.63) is 36.0 Å². The molecular weight excluding hydrogens is 480 g/mol. The monoisotopic (exact) mass is 526 g/mol. The van der Waals surface area contributed by atoms with Gasteiger partial charge in [0.05, 0.1) is 24.0 Å². The van der Waals surface area contributed by atoms with Crippen LogP contribution in [0.15, 0.2) is 30.5 Å². The molecule has 1 aromatic heterocycles. The molecule has 8 heteroatoms. The molecule has 2 aliphatic rings. The molecule has 8 nitrogen and oxygen atoms in total. The second kappa shape index (κ2) is 13.1. The van der Waals surface area contributed by atoms with Crippen LogP contribution in [-0.4, -0.2) is 71.4 Å². The van der Waals surface area contributed by atoms with Crippen molar-refractivity contribution < 1.29 is 19.4 Å². The predicted molar refractivity (Wildman–Crippen MR) is 150 cm³/mol. The first kappa shape index (κ1) is 28.6. The Morgan fingerprint density at radius 3 is 2.61 bits per heavy atom. The van der Waals surface area contributed by atoms with Crippen LogP contribution in [-0.2, 0) is 27.4 Å². The lowest BCUT2D eigenvalue weighted by Gasteiger charge is -2.34. The molecule has 2 amide bonds. The molecule has 4 atom stereocenters. The zero-order valence-electron chi connectivity index (χ0n) is 23.5. The fourth-order valence-corrected chi connectivity index (χ4v) is 5.72. The van der Waals surface area contributed by atoms with Gasteiger partial charge in [0.15, 0.2) is 0 Å². The first-order valence-electron chi connectivity index (χ1n) is 14.3. The molecule has 4 rings (SSSR count). The van der Waals surface area contributed by atoms with E-state index >= 15 is 0 Å². The summed E-state index contributed by atoms with van der Waals surface area (Å²) in [4.78, 5) is 29.1. The Kier molecular flexibility index (Phi) is 9.85. The topological polar surface area (TPSA) is 95.8 Å². The minimum Gasteiger partial charge on any atom is -0.391 e. The lowest BCUT2D eigenvalue weighted by Crippen LogP contribution is -2.52. The van der Waals surface area contributed by atoms with Crippen molar-refractivity contribution in [1.82, 2.24) is 20.1 Å². The number of carbonyl (C=O) groups is 2. The Labute approximate surface area is 227 Å². The number of rotatable bonds is 13. The molecule has 3 N–H and O–H groups in total. The molecular formula is C30H46N4O4. The third-order valence-corrected chi connectivity index (χ3v) is 7.94. The number of benzene rings is 1. The second-order valence-corrected chi connectivity index (χ2v) is 11.7. The summed E-state index contributed by atoms with van der Waals surface area (Å²) >= 11 is 0. The fraction of sp³-hybridized carbons (Fsp3) is 0.667. The van der Waals surface area contributed by atoms with Gasteiger partial charge in [0, 0.05) is 63.0 Å². The quantitative estimate of drug-likeness (QED) is 0.348. The van der Waals surface area contributed by atoms with Crippen molar-refractivity contribution in [2.24, 2.45) is 17.8 Å². The number of ether oxygens (including phenoxy) is 1. The van der Waals surface area contributed by atoms with Crippen LogP contribution in [0.5, 0.6) is 0 Å². The molecule has 1 saturated heterocycles. The summed E-state index contributed by atoms with van der Waals surface area (Å²) in [5, 5.41) is 17.8. The number of fused-ring (bicyclic) bond motifs is 1. The number of hydrogen-bond acceptors (Lipinski definition) is 5. The van der Waals surface area contributed by atoms with E-state index in [1.54, 1.807) is 14.0 Å². The van der Waals surface area contributed by atoms with Crippen molar-refractivity contribution in [2.75, 3.05) is 26.8 Å². The molecule has 1 aliphatic carbocycles. The summed E-state index contributed by atoms with van der Waals surface area (Å²) in [7, 11) is 1.73. The molecule has 2 aromatic rings. The number of hydrogen-bond donors (Lipinski definition) is 3. The highest BCUT2D eigenvalue weighted by atomic mass is 16.5. The minimum absolute atomic E-state index is 0.0707. The van der Waals surface area contributed by atoms with E-state index in [0.29, 0.717) is 38.6 Å². The number of carbonyl (C=O) groups excluding carboxylic acids is 2. The Morgan fingerprint density at radius 2 is 1.92 bits per heavy atom. The lowest BCUT2D eigenvalue weighted by molar-refractivity contribution is -0.139. The van der Waals surface area contributed by atoms with Gasteiger partial charge in [-0.2, -0.15) is 0 Å². The van der Waals surface area contributed by atoms with Gasteiger partial charge in [0.2, 0.25) is 11.8 Å².